The van der Waals surface area contributed by atoms with E-state index in [1.54, 1.807) is 7.11 Å². The van der Waals surface area contributed by atoms with Crippen LogP contribution in [0.1, 0.15) is 31.0 Å². The molecule has 1 unspecified atom stereocenters. The molecule has 0 aliphatic rings. The number of methoxy groups -OCH3 is 1. The molecule has 4 nitrogen and oxygen atoms in total. The molecular formula is C16H25N3O. The Hall–Kier alpha value is -1.41. The Bertz CT molecular complexity index is 424. The quantitative estimate of drug-likeness (QED) is 0.751. The Morgan fingerprint density at radius 3 is 2.70 bits per heavy atom. The highest BCUT2D eigenvalue weighted by Crippen LogP contribution is 2.14. The lowest BCUT2D eigenvalue weighted by molar-refractivity contribution is 0.185. The van der Waals surface area contributed by atoms with Crippen LogP contribution in [0, 0.1) is 11.3 Å². The fraction of sp³-hybridized carbons (Fsp3) is 0.562. The smallest absolute Gasteiger partial charge is 0.121 e. The van der Waals surface area contributed by atoms with Gasteiger partial charge in [-0.3, -0.25) is 5.32 Å². The van der Waals surface area contributed by atoms with Gasteiger partial charge in [-0.2, -0.15) is 5.26 Å². The van der Waals surface area contributed by atoms with Crippen LogP contribution in [-0.4, -0.2) is 38.2 Å². The largest absolute Gasteiger partial charge is 0.380 e. The van der Waals surface area contributed by atoms with Gasteiger partial charge in [0.05, 0.1) is 12.7 Å². The third kappa shape index (κ3) is 5.30. The molecule has 1 atom stereocenters. The third-order valence-electron chi connectivity index (χ3n) is 3.40. The van der Waals surface area contributed by atoms with E-state index in [0.29, 0.717) is 6.61 Å². The number of ether oxygens (including phenoxy) is 1. The van der Waals surface area contributed by atoms with Crippen LogP contribution >= 0.6 is 0 Å². The Kier molecular flexibility index (Phi) is 7.89. The fourth-order valence-corrected chi connectivity index (χ4v) is 2.17. The summed E-state index contributed by atoms with van der Waals surface area (Å²) in [4.78, 5) is 2.34. The molecule has 0 saturated carbocycles. The summed E-state index contributed by atoms with van der Waals surface area (Å²) < 4.78 is 5.13. The minimum Gasteiger partial charge on any atom is -0.380 e. The van der Waals surface area contributed by atoms with Crippen molar-refractivity contribution >= 4 is 0 Å². The minimum atomic E-state index is -0.262. The summed E-state index contributed by atoms with van der Waals surface area (Å²) in [5.41, 5.74) is 2.09. The van der Waals surface area contributed by atoms with E-state index in [4.69, 9.17) is 4.74 Å². The third-order valence-corrected chi connectivity index (χ3v) is 3.40. The van der Waals surface area contributed by atoms with Crippen LogP contribution in [0.3, 0.4) is 0 Å². The van der Waals surface area contributed by atoms with Gasteiger partial charge >= 0.3 is 0 Å². The normalized spacial score (nSPS) is 12.3. The Morgan fingerprint density at radius 2 is 2.10 bits per heavy atom. The van der Waals surface area contributed by atoms with E-state index >= 15 is 0 Å². The molecule has 1 aromatic rings. The van der Waals surface area contributed by atoms with Gasteiger partial charge in [-0.15, -0.1) is 0 Å². The average molecular weight is 275 g/mol. The Morgan fingerprint density at radius 1 is 1.35 bits per heavy atom. The summed E-state index contributed by atoms with van der Waals surface area (Å²) in [6.07, 6.45) is 0. The SMILES string of the molecule is CCN(CC)CCNC(C#N)c1cccc(COC)c1. The Labute approximate surface area is 122 Å². The molecule has 0 aromatic heterocycles. The summed E-state index contributed by atoms with van der Waals surface area (Å²) in [5.74, 6) is 0. The van der Waals surface area contributed by atoms with Crippen molar-refractivity contribution in [2.45, 2.75) is 26.5 Å². The van der Waals surface area contributed by atoms with Gasteiger partial charge in [-0.1, -0.05) is 38.1 Å². The summed E-state index contributed by atoms with van der Waals surface area (Å²) in [5, 5.41) is 12.6. The molecule has 0 spiro atoms. The van der Waals surface area contributed by atoms with E-state index in [1.807, 2.05) is 24.3 Å². The second kappa shape index (κ2) is 9.49. The zero-order valence-electron chi connectivity index (χ0n) is 12.7. The number of rotatable bonds is 9. The van der Waals surface area contributed by atoms with E-state index in [1.165, 1.54) is 0 Å². The molecule has 0 aliphatic carbocycles. The van der Waals surface area contributed by atoms with Gasteiger partial charge in [0.15, 0.2) is 0 Å². The summed E-state index contributed by atoms with van der Waals surface area (Å²) in [6.45, 7) is 8.74. The second-order valence-corrected chi connectivity index (χ2v) is 4.72. The molecule has 0 bridgehead atoms. The lowest BCUT2D eigenvalue weighted by Crippen LogP contribution is -2.33. The standard InChI is InChI=1S/C16H25N3O/c1-4-19(5-2)10-9-18-16(12-17)15-8-6-7-14(11-15)13-20-3/h6-8,11,16,18H,4-5,9-10,13H2,1-3H3. The van der Waals surface area contributed by atoms with Gasteiger partial charge in [-0.05, 0) is 24.2 Å². The number of nitrogens with zero attached hydrogens (tertiary/aromatic N) is 2. The van der Waals surface area contributed by atoms with Crippen LogP contribution in [0.25, 0.3) is 0 Å². The number of nitrogens with one attached hydrogen (secondary N) is 1. The van der Waals surface area contributed by atoms with Gasteiger partial charge in [0.25, 0.3) is 0 Å². The van der Waals surface area contributed by atoms with Crippen molar-refractivity contribution in [3.8, 4) is 6.07 Å². The molecule has 1 N–H and O–H groups in total. The van der Waals surface area contributed by atoms with Gasteiger partial charge < -0.3 is 9.64 Å². The van der Waals surface area contributed by atoms with E-state index in [-0.39, 0.29) is 6.04 Å². The maximum absolute atomic E-state index is 9.32. The second-order valence-electron chi connectivity index (χ2n) is 4.72. The highest BCUT2D eigenvalue weighted by molar-refractivity contribution is 5.29. The number of likely N-dealkylation sites (N-methyl/N-ethyl adjacent to an activating group) is 1. The molecule has 0 aliphatic heterocycles. The minimum absolute atomic E-state index is 0.262. The fourth-order valence-electron chi connectivity index (χ4n) is 2.17. The topological polar surface area (TPSA) is 48.3 Å². The predicted octanol–water partition coefficient (Wildman–Crippen LogP) is 2.33. The van der Waals surface area contributed by atoms with Crippen LogP contribution < -0.4 is 5.32 Å². The summed E-state index contributed by atoms with van der Waals surface area (Å²) >= 11 is 0. The van der Waals surface area contributed by atoms with Crippen LogP contribution in [0.15, 0.2) is 24.3 Å². The summed E-state index contributed by atoms with van der Waals surface area (Å²) in [7, 11) is 1.68. The lowest BCUT2D eigenvalue weighted by Gasteiger charge is -2.19. The van der Waals surface area contributed by atoms with E-state index in [0.717, 1.165) is 37.3 Å². The predicted molar refractivity (Wildman–Crippen MR) is 81.3 cm³/mol. The number of hydrogen-bond acceptors (Lipinski definition) is 4. The molecule has 0 amide bonds. The molecule has 4 heteroatoms. The molecule has 0 radical (unpaired) electrons. The lowest BCUT2D eigenvalue weighted by atomic mass is 10.1. The van der Waals surface area contributed by atoms with Crippen LogP contribution in [0.2, 0.25) is 0 Å². The maximum atomic E-state index is 9.32. The first kappa shape index (κ1) is 16.6. The van der Waals surface area contributed by atoms with Crippen molar-refractivity contribution in [2.24, 2.45) is 0 Å². The molecule has 0 saturated heterocycles. The van der Waals surface area contributed by atoms with Crippen LogP contribution in [0.5, 0.6) is 0 Å². The van der Waals surface area contributed by atoms with Crippen LogP contribution in [0.4, 0.5) is 0 Å². The summed E-state index contributed by atoms with van der Waals surface area (Å²) in [6, 6.07) is 10.1. The van der Waals surface area contributed by atoms with E-state index in [2.05, 4.69) is 30.1 Å². The number of hydrogen-bond donors (Lipinski definition) is 1. The van der Waals surface area contributed by atoms with E-state index in [9.17, 15) is 5.26 Å². The van der Waals surface area contributed by atoms with Gasteiger partial charge in [0, 0.05) is 20.2 Å². The molecule has 20 heavy (non-hydrogen) atoms. The maximum Gasteiger partial charge on any atom is 0.121 e. The highest BCUT2D eigenvalue weighted by atomic mass is 16.5. The molecule has 0 heterocycles. The van der Waals surface area contributed by atoms with Crippen molar-refractivity contribution in [2.75, 3.05) is 33.3 Å². The Balaban J connectivity index is 2.58. The van der Waals surface area contributed by atoms with Crippen molar-refractivity contribution < 1.29 is 4.74 Å². The highest BCUT2D eigenvalue weighted by Gasteiger charge is 2.10. The first-order chi connectivity index (χ1) is 9.74. The molecular weight excluding hydrogens is 250 g/mol. The monoisotopic (exact) mass is 275 g/mol. The molecule has 1 aromatic carbocycles. The molecule has 1 rings (SSSR count). The van der Waals surface area contributed by atoms with E-state index < -0.39 is 0 Å². The first-order valence-corrected chi connectivity index (χ1v) is 7.18. The zero-order chi connectivity index (χ0) is 14.8. The van der Waals surface area contributed by atoms with Crippen molar-refractivity contribution in [3.05, 3.63) is 35.4 Å². The van der Waals surface area contributed by atoms with Crippen molar-refractivity contribution in [3.63, 3.8) is 0 Å². The molecule has 0 fully saturated rings. The van der Waals surface area contributed by atoms with Crippen molar-refractivity contribution in [1.82, 2.24) is 10.2 Å². The number of benzene rings is 1. The molecule has 110 valence electrons. The van der Waals surface area contributed by atoms with Gasteiger partial charge in [-0.25, -0.2) is 0 Å². The average Bonchev–Trinajstić information content (AvgIpc) is 2.48. The zero-order valence-corrected chi connectivity index (χ0v) is 12.7. The van der Waals surface area contributed by atoms with Gasteiger partial charge in [0.1, 0.15) is 6.04 Å². The number of nitriles is 1. The first-order valence-electron chi connectivity index (χ1n) is 7.18. The van der Waals surface area contributed by atoms with Gasteiger partial charge in [0.2, 0.25) is 0 Å². The van der Waals surface area contributed by atoms with Crippen molar-refractivity contribution in [1.29, 1.82) is 5.26 Å². The van der Waals surface area contributed by atoms with Crippen LogP contribution in [-0.2, 0) is 11.3 Å².